The molecule has 6 nitrogen and oxygen atoms in total. The van der Waals surface area contributed by atoms with Gasteiger partial charge in [0.1, 0.15) is 0 Å². The molecule has 0 unspecified atom stereocenters. The van der Waals surface area contributed by atoms with Crippen LogP contribution in [0, 0.1) is 10.8 Å². The molecule has 0 spiro atoms. The summed E-state index contributed by atoms with van der Waals surface area (Å²) in [6.07, 6.45) is 3.91. The molecule has 6 heteroatoms. The molecule has 4 N–H and O–H groups in total. The minimum atomic E-state index is -0.822. The topological polar surface area (TPSA) is 115 Å². The van der Waals surface area contributed by atoms with Crippen molar-refractivity contribution in [2.45, 2.75) is 38.5 Å². The quantitative estimate of drug-likeness (QED) is 0.551. The number of aliphatic hydroxyl groups is 2. The fourth-order valence-corrected chi connectivity index (χ4v) is 2.56. The summed E-state index contributed by atoms with van der Waals surface area (Å²) in [5, 5.41) is 32.9. The van der Waals surface area contributed by atoms with E-state index in [2.05, 4.69) is 0 Å². The number of aliphatic carboxylic acids is 2. The van der Waals surface area contributed by atoms with Gasteiger partial charge in [-0.3, -0.25) is 9.59 Å². The first-order valence-corrected chi connectivity index (χ1v) is 6.11. The Morgan fingerprint density at radius 3 is 1.67 bits per heavy atom. The van der Waals surface area contributed by atoms with Crippen LogP contribution in [0.2, 0.25) is 0 Å². The summed E-state index contributed by atoms with van der Waals surface area (Å²) in [6, 6.07) is 0. The van der Waals surface area contributed by atoms with E-state index >= 15 is 0 Å². The van der Waals surface area contributed by atoms with E-state index in [-0.39, 0.29) is 25.0 Å². The summed E-state index contributed by atoms with van der Waals surface area (Å²) in [5.41, 5.74) is -0.723. The average molecular weight is 260 g/mol. The molecule has 0 aromatic rings. The zero-order valence-electron chi connectivity index (χ0n) is 10.3. The second-order valence-electron chi connectivity index (χ2n) is 5.01. The first-order chi connectivity index (χ1) is 8.44. The maximum Gasteiger partial charge on any atom is 0.310 e. The normalized spacial score (nSPS) is 21.4. The highest BCUT2D eigenvalue weighted by molar-refractivity contribution is 5.80. The number of hydrogen-bond donors (Lipinski definition) is 4. The van der Waals surface area contributed by atoms with Crippen LogP contribution in [0.3, 0.4) is 0 Å². The molecule has 0 saturated heterocycles. The summed E-state index contributed by atoms with van der Waals surface area (Å²) in [4.78, 5) is 21.5. The van der Waals surface area contributed by atoms with Gasteiger partial charge in [-0.1, -0.05) is 0 Å². The van der Waals surface area contributed by atoms with Gasteiger partial charge in [0, 0.05) is 6.42 Å². The molecule has 0 aliphatic heterocycles. The smallest absolute Gasteiger partial charge is 0.310 e. The number of aliphatic hydroxyl groups excluding tert-OH is 2. The van der Waals surface area contributed by atoms with E-state index in [0.29, 0.717) is 6.42 Å². The molecule has 0 bridgehead atoms. The van der Waals surface area contributed by atoms with Crippen molar-refractivity contribution in [3.05, 3.63) is 0 Å². The van der Waals surface area contributed by atoms with Gasteiger partial charge in [0.15, 0.2) is 0 Å². The second-order valence-corrected chi connectivity index (χ2v) is 5.01. The third-order valence-electron chi connectivity index (χ3n) is 3.95. The lowest BCUT2D eigenvalue weighted by molar-refractivity contribution is -0.147. The predicted octanol–water partition coefficient (Wildman–Crippen LogP) is 0.467. The van der Waals surface area contributed by atoms with Crippen LogP contribution in [0.5, 0.6) is 0 Å². The van der Waals surface area contributed by atoms with E-state index < -0.39 is 17.4 Å². The molecule has 2 fully saturated rings. The third kappa shape index (κ3) is 3.00. The first-order valence-electron chi connectivity index (χ1n) is 6.11. The summed E-state index contributed by atoms with van der Waals surface area (Å²) >= 11 is 0. The van der Waals surface area contributed by atoms with Gasteiger partial charge >= 0.3 is 11.9 Å². The zero-order chi connectivity index (χ0) is 13.8. The predicted molar refractivity (Wildman–Crippen MR) is 62.0 cm³/mol. The van der Waals surface area contributed by atoms with Crippen molar-refractivity contribution < 1.29 is 30.0 Å². The van der Waals surface area contributed by atoms with Crippen LogP contribution in [0.15, 0.2) is 0 Å². The number of rotatable bonds is 6. The maximum absolute atomic E-state index is 11.1. The van der Waals surface area contributed by atoms with Crippen LogP contribution in [0.25, 0.3) is 0 Å². The van der Waals surface area contributed by atoms with E-state index in [9.17, 15) is 9.59 Å². The molecule has 2 aliphatic rings. The van der Waals surface area contributed by atoms with Gasteiger partial charge < -0.3 is 20.4 Å². The minimum Gasteiger partial charge on any atom is -0.481 e. The Kier molecular flexibility index (Phi) is 4.70. The number of hydrogen-bond acceptors (Lipinski definition) is 4. The van der Waals surface area contributed by atoms with Crippen molar-refractivity contribution in [3.8, 4) is 0 Å². The van der Waals surface area contributed by atoms with Crippen LogP contribution < -0.4 is 0 Å². The SMILES string of the molecule is O=C(O)CCC1(C2(C(=O)O)CC2)CC1.OCCO. The van der Waals surface area contributed by atoms with Crippen LogP contribution in [-0.2, 0) is 9.59 Å². The molecule has 18 heavy (non-hydrogen) atoms. The lowest BCUT2D eigenvalue weighted by Gasteiger charge is -2.21. The highest BCUT2D eigenvalue weighted by Gasteiger charge is 2.69. The number of carbonyl (C=O) groups is 2. The van der Waals surface area contributed by atoms with E-state index in [1.807, 2.05) is 0 Å². The van der Waals surface area contributed by atoms with Crippen LogP contribution in [0.1, 0.15) is 38.5 Å². The molecule has 0 amide bonds. The molecule has 0 heterocycles. The maximum atomic E-state index is 11.1. The second kappa shape index (κ2) is 5.67. The van der Waals surface area contributed by atoms with Gasteiger partial charge in [0.2, 0.25) is 0 Å². The molecule has 2 saturated carbocycles. The molecule has 104 valence electrons. The Morgan fingerprint density at radius 1 is 0.944 bits per heavy atom. The third-order valence-corrected chi connectivity index (χ3v) is 3.95. The number of carboxylic acids is 2. The standard InChI is InChI=1S/C10H14O4.C2H6O2/c11-7(12)1-2-9(3-4-9)10(5-6-10)8(13)14;3-1-2-4/h1-6H2,(H,11,12)(H,13,14);3-4H,1-2H2. The summed E-state index contributed by atoms with van der Waals surface area (Å²) in [7, 11) is 0. The van der Waals surface area contributed by atoms with Gasteiger partial charge in [0.25, 0.3) is 0 Å². The van der Waals surface area contributed by atoms with E-state index in [4.69, 9.17) is 20.4 Å². The molecule has 0 atom stereocenters. The van der Waals surface area contributed by atoms with Crippen LogP contribution in [-0.4, -0.2) is 45.6 Å². The molecule has 0 radical (unpaired) electrons. The molecule has 0 aromatic carbocycles. The summed E-state index contributed by atoms with van der Waals surface area (Å²) < 4.78 is 0. The first kappa shape index (κ1) is 14.9. The van der Waals surface area contributed by atoms with Crippen molar-refractivity contribution >= 4 is 11.9 Å². The summed E-state index contributed by atoms with van der Waals surface area (Å²) in [6.45, 7) is -0.250. The fourth-order valence-electron chi connectivity index (χ4n) is 2.56. The van der Waals surface area contributed by atoms with Crippen LogP contribution in [0.4, 0.5) is 0 Å². The monoisotopic (exact) mass is 260 g/mol. The molecular formula is C12H20O6. The van der Waals surface area contributed by atoms with Crippen molar-refractivity contribution in [2.24, 2.45) is 10.8 Å². The Morgan fingerprint density at radius 2 is 1.44 bits per heavy atom. The van der Waals surface area contributed by atoms with Gasteiger partial charge in [-0.15, -0.1) is 0 Å². The highest BCUT2D eigenvalue weighted by Crippen LogP contribution is 2.72. The Labute approximate surface area is 105 Å². The van der Waals surface area contributed by atoms with Gasteiger partial charge in [-0.25, -0.2) is 0 Å². The van der Waals surface area contributed by atoms with Gasteiger partial charge in [-0.05, 0) is 37.5 Å². The Balaban J connectivity index is 0.000000357. The van der Waals surface area contributed by atoms with Crippen molar-refractivity contribution in [2.75, 3.05) is 13.2 Å². The summed E-state index contributed by atoms with van der Waals surface area (Å²) in [5.74, 6) is -1.54. The molecule has 2 aliphatic carbocycles. The fraction of sp³-hybridized carbons (Fsp3) is 0.833. The van der Waals surface area contributed by atoms with E-state index in [1.54, 1.807) is 0 Å². The highest BCUT2D eigenvalue weighted by atomic mass is 16.4. The van der Waals surface area contributed by atoms with Crippen LogP contribution >= 0.6 is 0 Å². The van der Waals surface area contributed by atoms with Crippen molar-refractivity contribution in [3.63, 3.8) is 0 Å². The van der Waals surface area contributed by atoms with Crippen molar-refractivity contribution in [1.29, 1.82) is 0 Å². The van der Waals surface area contributed by atoms with E-state index in [0.717, 1.165) is 25.7 Å². The Hall–Kier alpha value is -1.14. The van der Waals surface area contributed by atoms with Gasteiger partial charge in [-0.2, -0.15) is 0 Å². The average Bonchev–Trinajstić information content (AvgIpc) is 3.17. The zero-order valence-corrected chi connectivity index (χ0v) is 10.3. The Bertz CT molecular complexity index is 315. The molecular weight excluding hydrogens is 240 g/mol. The lowest BCUT2D eigenvalue weighted by Crippen LogP contribution is -2.27. The largest absolute Gasteiger partial charge is 0.481 e. The molecule has 0 aromatic heterocycles. The number of carboxylic acid groups (broad SMARTS) is 2. The van der Waals surface area contributed by atoms with Gasteiger partial charge in [0.05, 0.1) is 18.6 Å². The van der Waals surface area contributed by atoms with E-state index in [1.165, 1.54) is 0 Å². The van der Waals surface area contributed by atoms with Crippen molar-refractivity contribution in [1.82, 2.24) is 0 Å². The minimum absolute atomic E-state index is 0.106. The lowest BCUT2D eigenvalue weighted by atomic mass is 9.82. The molecule has 2 rings (SSSR count).